The highest BCUT2D eigenvalue weighted by Gasteiger charge is 2.09. The first kappa shape index (κ1) is 21.9. The fourth-order valence-electron chi connectivity index (χ4n) is 2.40. The highest BCUT2D eigenvalue weighted by Crippen LogP contribution is 2.25. The average molecular weight is 439 g/mol. The second-order valence-electron chi connectivity index (χ2n) is 6.03. The molecule has 0 aliphatic carbocycles. The van der Waals surface area contributed by atoms with E-state index in [0.29, 0.717) is 41.2 Å². The molecule has 0 bridgehead atoms. The zero-order valence-electron chi connectivity index (χ0n) is 17.3. The van der Waals surface area contributed by atoms with Crippen LogP contribution >= 0.6 is 11.3 Å². The Morgan fingerprint density at radius 2 is 2.00 bits per heavy atom. The van der Waals surface area contributed by atoms with Gasteiger partial charge in [-0.15, -0.1) is 0 Å². The van der Waals surface area contributed by atoms with Crippen molar-refractivity contribution in [3.05, 3.63) is 52.9 Å². The molecule has 0 atom stereocenters. The SMILES string of the molecule is COc1cc(C#Cc2sc(NC(=O)NCCOc3ccncc3)nc2C)cnc1OC. The number of thiazole rings is 1. The van der Waals surface area contributed by atoms with E-state index >= 15 is 0 Å². The summed E-state index contributed by atoms with van der Waals surface area (Å²) in [5, 5.41) is 5.88. The third-order valence-electron chi connectivity index (χ3n) is 3.88. The van der Waals surface area contributed by atoms with Crippen molar-refractivity contribution in [2.75, 3.05) is 32.7 Å². The monoisotopic (exact) mass is 439 g/mol. The normalized spacial score (nSPS) is 9.90. The molecule has 10 heteroatoms. The first-order valence-electron chi connectivity index (χ1n) is 9.24. The van der Waals surface area contributed by atoms with Gasteiger partial charge in [0.15, 0.2) is 10.9 Å². The molecule has 0 saturated carbocycles. The van der Waals surface area contributed by atoms with E-state index in [1.807, 2.05) is 6.92 Å². The van der Waals surface area contributed by atoms with Crippen molar-refractivity contribution < 1.29 is 19.0 Å². The summed E-state index contributed by atoms with van der Waals surface area (Å²) in [5.41, 5.74) is 1.40. The lowest BCUT2D eigenvalue weighted by molar-refractivity contribution is 0.247. The summed E-state index contributed by atoms with van der Waals surface area (Å²) in [5.74, 6) is 7.67. The Morgan fingerprint density at radius 1 is 1.19 bits per heavy atom. The molecule has 3 rings (SSSR count). The second-order valence-corrected chi connectivity index (χ2v) is 7.03. The van der Waals surface area contributed by atoms with E-state index in [0.717, 1.165) is 10.6 Å². The number of nitrogens with one attached hydrogen (secondary N) is 2. The molecule has 0 unspecified atom stereocenters. The molecule has 2 N–H and O–H groups in total. The summed E-state index contributed by atoms with van der Waals surface area (Å²) < 4.78 is 15.9. The molecule has 2 amide bonds. The van der Waals surface area contributed by atoms with Crippen LogP contribution in [0.1, 0.15) is 16.1 Å². The Bertz CT molecular complexity index is 1090. The summed E-state index contributed by atoms with van der Waals surface area (Å²) in [6.45, 7) is 2.51. The van der Waals surface area contributed by atoms with Gasteiger partial charge in [0, 0.05) is 30.2 Å². The minimum absolute atomic E-state index is 0.338. The van der Waals surface area contributed by atoms with E-state index in [2.05, 4.69) is 37.4 Å². The molecule has 0 aliphatic rings. The fraction of sp³-hybridized carbons (Fsp3) is 0.238. The van der Waals surface area contributed by atoms with Crippen molar-refractivity contribution in [1.29, 1.82) is 0 Å². The van der Waals surface area contributed by atoms with E-state index in [9.17, 15) is 4.79 Å². The number of carbonyl (C=O) groups is 1. The molecule has 160 valence electrons. The van der Waals surface area contributed by atoms with Crippen LogP contribution in [0.3, 0.4) is 0 Å². The number of rotatable bonds is 7. The van der Waals surface area contributed by atoms with Crippen molar-refractivity contribution in [3.63, 3.8) is 0 Å². The number of hydrogen-bond donors (Lipinski definition) is 2. The van der Waals surface area contributed by atoms with Crippen LogP contribution in [0.15, 0.2) is 36.8 Å². The largest absolute Gasteiger partial charge is 0.492 e. The van der Waals surface area contributed by atoms with E-state index in [1.54, 1.807) is 43.9 Å². The Balaban J connectivity index is 1.54. The summed E-state index contributed by atoms with van der Waals surface area (Å²) >= 11 is 1.29. The van der Waals surface area contributed by atoms with Crippen LogP contribution < -0.4 is 24.8 Å². The van der Waals surface area contributed by atoms with Crippen LogP contribution in [-0.4, -0.2) is 48.4 Å². The molecule has 0 saturated heterocycles. The molecule has 0 spiro atoms. The van der Waals surface area contributed by atoms with Gasteiger partial charge in [0.1, 0.15) is 17.2 Å². The minimum atomic E-state index is -0.365. The van der Waals surface area contributed by atoms with Gasteiger partial charge in [0.05, 0.1) is 26.5 Å². The second kappa shape index (κ2) is 10.8. The molecule has 0 aromatic carbocycles. The van der Waals surface area contributed by atoms with E-state index in [4.69, 9.17) is 14.2 Å². The lowest BCUT2D eigenvalue weighted by Gasteiger charge is -2.07. The molecular formula is C21H21N5O4S. The quantitative estimate of drug-likeness (QED) is 0.431. The Hall–Kier alpha value is -3.84. The Labute approximate surface area is 183 Å². The zero-order chi connectivity index (χ0) is 22.1. The van der Waals surface area contributed by atoms with Gasteiger partial charge in [0.25, 0.3) is 5.88 Å². The number of amides is 2. The molecule has 0 radical (unpaired) electrons. The molecule has 31 heavy (non-hydrogen) atoms. The molecule has 0 fully saturated rings. The van der Waals surface area contributed by atoms with Gasteiger partial charge in [-0.1, -0.05) is 17.3 Å². The number of anilines is 1. The van der Waals surface area contributed by atoms with Gasteiger partial charge in [-0.25, -0.2) is 14.8 Å². The van der Waals surface area contributed by atoms with Crippen molar-refractivity contribution in [3.8, 4) is 29.2 Å². The lowest BCUT2D eigenvalue weighted by Crippen LogP contribution is -2.32. The summed E-state index contributed by atoms with van der Waals surface area (Å²) in [6.07, 6.45) is 4.89. The van der Waals surface area contributed by atoms with Gasteiger partial charge in [-0.05, 0) is 25.0 Å². The number of aryl methyl sites for hydroxylation is 1. The van der Waals surface area contributed by atoms with E-state index in [-0.39, 0.29) is 6.03 Å². The van der Waals surface area contributed by atoms with Crippen molar-refractivity contribution in [2.45, 2.75) is 6.92 Å². The molecule has 0 aliphatic heterocycles. The first-order valence-corrected chi connectivity index (χ1v) is 10.1. The number of ether oxygens (including phenoxy) is 3. The van der Waals surface area contributed by atoms with Gasteiger partial charge >= 0.3 is 6.03 Å². The number of methoxy groups -OCH3 is 2. The smallest absolute Gasteiger partial charge is 0.321 e. The molecule has 9 nitrogen and oxygen atoms in total. The maximum Gasteiger partial charge on any atom is 0.321 e. The van der Waals surface area contributed by atoms with Gasteiger partial charge in [0.2, 0.25) is 0 Å². The van der Waals surface area contributed by atoms with Gasteiger partial charge in [-0.2, -0.15) is 0 Å². The molecule has 3 aromatic heterocycles. The fourth-order valence-corrected chi connectivity index (χ4v) is 3.22. The lowest BCUT2D eigenvalue weighted by atomic mass is 10.2. The number of urea groups is 1. The van der Waals surface area contributed by atoms with Crippen LogP contribution in [0.2, 0.25) is 0 Å². The third kappa shape index (κ3) is 6.32. The first-order chi connectivity index (χ1) is 15.1. The van der Waals surface area contributed by atoms with E-state index in [1.165, 1.54) is 18.4 Å². The molecule has 3 heterocycles. The summed E-state index contributed by atoms with van der Waals surface area (Å²) in [6, 6.07) is 4.88. The zero-order valence-corrected chi connectivity index (χ0v) is 18.1. The molecule has 3 aromatic rings. The maximum absolute atomic E-state index is 12.1. The average Bonchev–Trinajstić information content (AvgIpc) is 3.14. The standard InChI is InChI=1S/C21H21N5O4S/c1-14-18(5-4-15-12-17(28-2)19(29-3)24-13-15)31-21(25-14)26-20(27)23-10-11-30-16-6-8-22-9-7-16/h6-9,12-13H,10-11H2,1-3H3,(H2,23,25,26,27). The van der Waals surface area contributed by atoms with E-state index < -0.39 is 0 Å². The van der Waals surface area contributed by atoms with Gasteiger partial charge in [-0.3, -0.25) is 10.3 Å². The highest BCUT2D eigenvalue weighted by molar-refractivity contribution is 7.16. The summed E-state index contributed by atoms with van der Waals surface area (Å²) in [7, 11) is 3.06. The van der Waals surface area contributed by atoms with Crippen LogP contribution in [0.25, 0.3) is 0 Å². The van der Waals surface area contributed by atoms with Gasteiger partial charge < -0.3 is 19.5 Å². The number of aromatic nitrogens is 3. The number of nitrogens with zero attached hydrogens (tertiary/aromatic N) is 3. The van der Waals surface area contributed by atoms with Crippen LogP contribution in [0.4, 0.5) is 9.93 Å². The third-order valence-corrected chi connectivity index (χ3v) is 4.86. The minimum Gasteiger partial charge on any atom is -0.492 e. The predicted octanol–water partition coefficient (Wildman–Crippen LogP) is 2.86. The number of pyridine rings is 2. The predicted molar refractivity (Wildman–Crippen MR) is 117 cm³/mol. The van der Waals surface area contributed by atoms with Crippen molar-refractivity contribution in [1.82, 2.24) is 20.3 Å². The van der Waals surface area contributed by atoms with Crippen molar-refractivity contribution in [2.24, 2.45) is 0 Å². The maximum atomic E-state index is 12.1. The Kier molecular flexibility index (Phi) is 7.61. The topological polar surface area (TPSA) is 107 Å². The number of carbonyl (C=O) groups excluding carboxylic acids is 1. The number of hydrogen-bond acceptors (Lipinski definition) is 8. The van der Waals surface area contributed by atoms with Crippen LogP contribution in [0.5, 0.6) is 17.4 Å². The van der Waals surface area contributed by atoms with Crippen LogP contribution in [0, 0.1) is 18.8 Å². The summed E-state index contributed by atoms with van der Waals surface area (Å²) in [4.78, 5) is 25.2. The molecular weight excluding hydrogens is 418 g/mol. The van der Waals surface area contributed by atoms with Crippen LogP contribution in [-0.2, 0) is 0 Å². The van der Waals surface area contributed by atoms with Crippen molar-refractivity contribution >= 4 is 22.5 Å². The Morgan fingerprint density at radius 3 is 2.74 bits per heavy atom. The highest BCUT2D eigenvalue weighted by atomic mass is 32.1.